The van der Waals surface area contributed by atoms with Crippen LogP contribution in [0.2, 0.25) is 10.0 Å². The highest BCUT2D eigenvalue weighted by atomic mass is 79.9. The van der Waals surface area contributed by atoms with Crippen LogP contribution < -0.4 is 10.6 Å². The first-order chi connectivity index (χ1) is 10.5. The molecule has 2 aromatic rings. The van der Waals surface area contributed by atoms with Crippen LogP contribution in [0.25, 0.3) is 0 Å². The van der Waals surface area contributed by atoms with Crippen LogP contribution in [-0.4, -0.2) is 18.4 Å². The predicted molar refractivity (Wildman–Crippen MR) is 91.6 cm³/mol. The Bertz CT molecular complexity index is 705. The van der Waals surface area contributed by atoms with Gasteiger partial charge in [-0.3, -0.25) is 9.59 Å². The number of hydrogen-bond acceptors (Lipinski definition) is 2. The molecule has 0 bridgehead atoms. The van der Waals surface area contributed by atoms with Crippen molar-refractivity contribution in [2.75, 3.05) is 11.9 Å². The van der Waals surface area contributed by atoms with E-state index in [2.05, 4.69) is 26.6 Å². The average molecular weight is 402 g/mol. The van der Waals surface area contributed by atoms with Crippen molar-refractivity contribution in [1.29, 1.82) is 0 Å². The van der Waals surface area contributed by atoms with Gasteiger partial charge in [-0.05, 0) is 42.5 Å². The molecule has 2 rings (SSSR count). The Labute approximate surface area is 145 Å². The minimum atomic E-state index is -0.437. The molecule has 0 aliphatic heterocycles. The van der Waals surface area contributed by atoms with E-state index in [4.69, 9.17) is 23.2 Å². The van der Waals surface area contributed by atoms with E-state index < -0.39 is 5.91 Å². The normalized spacial score (nSPS) is 10.1. The smallest absolute Gasteiger partial charge is 0.253 e. The fraction of sp³-hybridized carbons (Fsp3) is 0.0667. The Kier molecular flexibility index (Phi) is 5.83. The van der Waals surface area contributed by atoms with E-state index in [1.807, 2.05) is 12.1 Å². The van der Waals surface area contributed by atoms with Gasteiger partial charge >= 0.3 is 0 Å². The van der Waals surface area contributed by atoms with E-state index in [-0.39, 0.29) is 23.0 Å². The van der Waals surface area contributed by atoms with Gasteiger partial charge in [-0.1, -0.05) is 39.1 Å². The Hall–Kier alpha value is -1.56. The maximum absolute atomic E-state index is 12.0. The number of amides is 2. The largest absolute Gasteiger partial charge is 0.343 e. The summed E-state index contributed by atoms with van der Waals surface area (Å²) >= 11 is 15.0. The van der Waals surface area contributed by atoms with Gasteiger partial charge in [0.2, 0.25) is 5.91 Å². The Morgan fingerprint density at radius 2 is 1.73 bits per heavy atom. The van der Waals surface area contributed by atoms with Crippen molar-refractivity contribution in [3.8, 4) is 0 Å². The van der Waals surface area contributed by atoms with Gasteiger partial charge in [0, 0.05) is 15.2 Å². The van der Waals surface area contributed by atoms with Gasteiger partial charge in [0.15, 0.2) is 0 Å². The summed E-state index contributed by atoms with van der Waals surface area (Å²) in [6, 6.07) is 11.7. The van der Waals surface area contributed by atoms with E-state index in [1.165, 1.54) is 12.1 Å². The van der Waals surface area contributed by atoms with Crippen molar-refractivity contribution < 1.29 is 9.59 Å². The molecular formula is C15H11BrCl2N2O2. The van der Waals surface area contributed by atoms with Gasteiger partial charge in [0.1, 0.15) is 0 Å². The van der Waals surface area contributed by atoms with E-state index in [9.17, 15) is 9.59 Å². The van der Waals surface area contributed by atoms with Crippen molar-refractivity contribution in [2.24, 2.45) is 0 Å². The number of carbonyl (C=O) groups is 2. The first-order valence-electron chi connectivity index (χ1n) is 6.24. The van der Waals surface area contributed by atoms with Crippen LogP contribution in [0.5, 0.6) is 0 Å². The molecule has 2 aromatic carbocycles. The highest BCUT2D eigenvalue weighted by Crippen LogP contribution is 2.20. The van der Waals surface area contributed by atoms with Crippen LogP contribution >= 0.6 is 39.1 Å². The lowest BCUT2D eigenvalue weighted by Gasteiger charge is -2.08. The number of benzene rings is 2. The number of rotatable bonds is 4. The standard InChI is InChI=1S/C15H11BrCl2N2O2/c16-9-1-4-11(5-2-9)20-14(21)8-19-15(22)12-6-3-10(17)7-13(12)18/h1-7H,8H2,(H,19,22)(H,20,21). The second-order valence-electron chi connectivity index (χ2n) is 4.36. The summed E-state index contributed by atoms with van der Waals surface area (Å²) in [7, 11) is 0. The zero-order valence-corrected chi connectivity index (χ0v) is 14.3. The SMILES string of the molecule is O=C(CNC(=O)c1ccc(Cl)cc1Cl)Nc1ccc(Br)cc1. The lowest BCUT2D eigenvalue weighted by molar-refractivity contribution is -0.115. The first kappa shape index (κ1) is 16.8. The third-order valence-electron chi connectivity index (χ3n) is 2.71. The fourth-order valence-electron chi connectivity index (χ4n) is 1.67. The lowest BCUT2D eigenvalue weighted by atomic mass is 10.2. The molecule has 0 saturated heterocycles. The van der Waals surface area contributed by atoms with E-state index >= 15 is 0 Å². The first-order valence-corrected chi connectivity index (χ1v) is 7.79. The summed E-state index contributed by atoms with van der Waals surface area (Å²) in [5, 5.41) is 5.85. The molecule has 0 saturated carbocycles. The second-order valence-corrected chi connectivity index (χ2v) is 6.12. The molecule has 22 heavy (non-hydrogen) atoms. The molecule has 0 heterocycles. The summed E-state index contributed by atoms with van der Waals surface area (Å²) in [5.74, 6) is -0.770. The van der Waals surface area contributed by atoms with Crippen molar-refractivity contribution >= 4 is 56.6 Å². The molecule has 0 aromatic heterocycles. The summed E-state index contributed by atoms with van der Waals surface area (Å²) in [6.07, 6.45) is 0. The van der Waals surface area contributed by atoms with Crippen molar-refractivity contribution in [3.63, 3.8) is 0 Å². The number of anilines is 1. The number of nitrogens with one attached hydrogen (secondary N) is 2. The molecule has 114 valence electrons. The summed E-state index contributed by atoms with van der Waals surface area (Å²) in [6.45, 7) is -0.159. The molecule has 7 heteroatoms. The monoisotopic (exact) mass is 400 g/mol. The summed E-state index contributed by atoms with van der Waals surface area (Å²) in [4.78, 5) is 23.7. The quantitative estimate of drug-likeness (QED) is 0.809. The third kappa shape index (κ3) is 4.73. The minimum absolute atomic E-state index is 0.159. The van der Waals surface area contributed by atoms with E-state index in [0.29, 0.717) is 10.7 Å². The van der Waals surface area contributed by atoms with Crippen LogP contribution in [0.15, 0.2) is 46.9 Å². The summed E-state index contributed by atoms with van der Waals surface area (Å²) < 4.78 is 0.913. The second kappa shape index (κ2) is 7.63. The Balaban J connectivity index is 1.90. The van der Waals surface area contributed by atoms with Gasteiger partial charge in [0.05, 0.1) is 17.1 Å². The molecule has 0 spiro atoms. The third-order valence-corrected chi connectivity index (χ3v) is 3.79. The Morgan fingerprint density at radius 3 is 2.36 bits per heavy atom. The van der Waals surface area contributed by atoms with Gasteiger partial charge in [-0.2, -0.15) is 0 Å². The molecule has 2 amide bonds. The maximum Gasteiger partial charge on any atom is 0.253 e. The molecule has 0 atom stereocenters. The van der Waals surface area contributed by atoms with Crippen LogP contribution in [-0.2, 0) is 4.79 Å². The van der Waals surface area contributed by atoms with Gasteiger partial charge < -0.3 is 10.6 Å². The van der Waals surface area contributed by atoms with Crippen LogP contribution in [0.1, 0.15) is 10.4 Å². The Morgan fingerprint density at radius 1 is 1.05 bits per heavy atom. The molecule has 4 nitrogen and oxygen atoms in total. The summed E-state index contributed by atoms with van der Waals surface area (Å²) in [5.41, 5.74) is 0.912. The van der Waals surface area contributed by atoms with Crippen molar-refractivity contribution in [3.05, 3.63) is 62.5 Å². The van der Waals surface area contributed by atoms with Gasteiger partial charge in [-0.25, -0.2) is 0 Å². The molecule has 0 fully saturated rings. The zero-order chi connectivity index (χ0) is 16.1. The fourth-order valence-corrected chi connectivity index (χ4v) is 2.43. The van der Waals surface area contributed by atoms with E-state index in [1.54, 1.807) is 18.2 Å². The maximum atomic E-state index is 12.0. The predicted octanol–water partition coefficient (Wildman–Crippen LogP) is 4.12. The lowest BCUT2D eigenvalue weighted by Crippen LogP contribution is -2.33. The highest BCUT2D eigenvalue weighted by Gasteiger charge is 2.12. The zero-order valence-electron chi connectivity index (χ0n) is 11.2. The molecule has 0 aliphatic rings. The van der Waals surface area contributed by atoms with Crippen molar-refractivity contribution in [1.82, 2.24) is 5.32 Å². The number of hydrogen-bond donors (Lipinski definition) is 2. The molecule has 2 N–H and O–H groups in total. The molecule has 0 unspecified atom stereocenters. The minimum Gasteiger partial charge on any atom is -0.343 e. The molecule has 0 radical (unpaired) electrons. The van der Waals surface area contributed by atoms with Crippen molar-refractivity contribution in [2.45, 2.75) is 0 Å². The molecule has 0 aliphatic carbocycles. The molecular weight excluding hydrogens is 391 g/mol. The number of halogens is 3. The van der Waals surface area contributed by atoms with Crippen LogP contribution in [0.3, 0.4) is 0 Å². The van der Waals surface area contributed by atoms with Crippen LogP contribution in [0.4, 0.5) is 5.69 Å². The number of carbonyl (C=O) groups excluding carboxylic acids is 2. The van der Waals surface area contributed by atoms with Crippen LogP contribution in [0, 0.1) is 0 Å². The highest BCUT2D eigenvalue weighted by molar-refractivity contribution is 9.10. The van der Waals surface area contributed by atoms with Gasteiger partial charge in [-0.15, -0.1) is 0 Å². The average Bonchev–Trinajstić information content (AvgIpc) is 2.47. The van der Waals surface area contributed by atoms with E-state index in [0.717, 1.165) is 4.47 Å². The topological polar surface area (TPSA) is 58.2 Å². The van der Waals surface area contributed by atoms with Gasteiger partial charge in [0.25, 0.3) is 5.91 Å².